The number of hydrogen-bond acceptors (Lipinski definition) is 7. The Kier molecular flexibility index (Phi) is 6.73. The van der Waals surface area contributed by atoms with Gasteiger partial charge in [-0.2, -0.15) is 9.97 Å². The first kappa shape index (κ1) is 20.7. The van der Waals surface area contributed by atoms with Crippen molar-refractivity contribution in [1.29, 1.82) is 0 Å². The van der Waals surface area contributed by atoms with Crippen molar-refractivity contribution in [3.63, 3.8) is 0 Å². The summed E-state index contributed by atoms with van der Waals surface area (Å²) in [5.41, 5.74) is 4.49. The normalized spacial score (nSPS) is 11.2. The number of sulfonamides is 1. The maximum atomic E-state index is 11.1. The minimum absolute atomic E-state index is 0.197. The van der Waals surface area contributed by atoms with Crippen LogP contribution in [0.25, 0.3) is 11.1 Å². The van der Waals surface area contributed by atoms with E-state index in [1.165, 1.54) is 6.33 Å². The molecule has 1 heterocycles. The largest absolute Gasteiger partial charge is 0.458 e. The number of ether oxygens (including phenoxy) is 1. The fourth-order valence-electron chi connectivity index (χ4n) is 2.76. The molecule has 1 aromatic heterocycles. The summed E-state index contributed by atoms with van der Waals surface area (Å²) in [5, 5.41) is 2.93. The lowest BCUT2D eigenvalue weighted by molar-refractivity contribution is 0.279. The molecule has 0 aliphatic heterocycles. The molecule has 2 aromatic carbocycles. The standard InChI is InChI=1S/C20H23N5O3S/c1-15-17(9-6-10-18(15)16-7-4-3-5-8-16)13-28-20-23-14-22-19(25-20)21-11-12-24-29(2,26)27/h3-10,14,24H,11-13H2,1-2H3,(H,21,22,23,25). The van der Waals surface area contributed by atoms with Gasteiger partial charge in [-0.05, 0) is 29.2 Å². The maximum Gasteiger partial charge on any atom is 0.321 e. The van der Waals surface area contributed by atoms with Gasteiger partial charge in [0.05, 0.1) is 6.26 Å². The van der Waals surface area contributed by atoms with Gasteiger partial charge in [0, 0.05) is 13.1 Å². The molecule has 0 unspecified atom stereocenters. The van der Waals surface area contributed by atoms with Crippen LogP contribution in [0.4, 0.5) is 5.95 Å². The molecule has 0 saturated heterocycles. The number of nitrogens with zero attached hydrogens (tertiary/aromatic N) is 3. The summed E-state index contributed by atoms with van der Waals surface area (Å²) in [4.78, 5) is 12.2. The molecular formula is C20H23N5O3S. The Morgan fingerprint density at radius 3 is 2.55 bits per heavy atom. The molecule has 0 spiro atoms. The van der Waals surface area contributed by atoms with Gasteiger partial charge in [0.2, 0.25) is 16.0 Å². The van der Waals surface area contributed by atoms with Gasteiger partial charge in [-0.15, -0.1) is 0 Å². The second-order valence-corrected chi connectivity index (χ2v) is 8.26. The van der Waals surface area contributed by atoms with E-state index in [0.717, 1.165) is 28.5 Å². The van der Waals surface area contributed by atoms with Crippen LogP contribution in [0.1, 0.15) is 11.1 Å². The van der Waals surface area contributed by atoms with Crippen LogP contribution in [0, 0.1) is 6.92 Å². The predicted octanol–water partition coefficient (Wildman–Crippen LogP) is 2.39. The molecular weight excluding hydrogens is 390 g/mol. The molecule has 0 aliphatic rings. The van der Waals surface area contributed by atoms with E-state index in [1.807, 2.05) is 30.3 Å². The summed E-state index contributed by atoms with van der Waals surface area (Å²) in [5.74, 6) is 0.319. The van der Waals surface area contributed by atoms with Crippen LogP contribution in [0.5, 0.6) is 6.01 Å². The molecule has 0 amide bonds. The van der Waals surface area contributed by atoms with Gasteiger partial charge in [-0.1, -0.05) is 48.5 Å². The van der Waals surface area contributed by atoms with E-state index in [4.69, 9.17) is 4.74 Å². The molecule has 0 fully saturated rings. The highest BCUT2D eigenvalue weighted by atomic mass is 32.2. The molecule has 0 bridgehead atoms. The zero-order chi connectivity index (χ0) is 20.7. The number of aromatic nitrogens is 3. The molecule has 0 aliphatic carbocycles. The molecule has 29 heavy (non-hydrogen) atoms. The first-order chi connectivity index (χ1) is 13.9. The van der Waals surface area contributed by atoms with Crippen LogP contribution in [0.3, 0.4) is 0 Å². The van der Waals surface area contributed by atoms with E-state index < -0.39 is 10.0 Å². The number of anilines is 1. The smallest absolute Gasteiger partial charge is 0.321 e. The van der Waals surface area contributed by atoms with Crippen molar-refractivity contribution in [2.75, 3.05) is 24.7 Å². The number of rotatable bonds is 9. The first-order valence-corrected chi connectivity index (χ1v) is 11.0. The maximum absolute atomic E-state index is 11.1. The minimum Gasteiger partial charge on any atom is -0.458 e. The fraction of sp³-hybridized carbons (Fsp3) is 0.250. The van der Waals surface area contributed by atoms with Crippen LogP contribution in [-0.2, 0) is 16.6 Å². The van der Waals surface area contributed by atoms with Crippen molar-refractivity contribution in [2.45, 2.75) is 13.5 Å². The van der Waals surface area contributed by atoms with Crippen LogP contribution >= 0.6 is 0 Å². The van der Waals surface area contributed by atoms with Gasteiger partial charge in [0.25, 0.3) is 0 Å². The van der Waals surface area contributed by atoms with Crippen molar-refractivity contribution < 1.29 is 13.2 Å². The van der Waals surface area contributed by atoms with Crippen LogP contribution < -0.4 is 14.8 Å². The summed E-state index contributed by atoms with van der Waals surface area (Å²) >= 11 is 0. The molecule has 0 radical (unpaired) electrons. The van der Waals surface area contributed by atoms with E-state index in [-0.39, 0.29) is 12.6 Å². The third-order valence-electron chi connectivity index (χ3n) is 4.21. The van der Waals surface area contributed by atoms with E-state index in [9.17, 15) is 8.42 Å². The van der Waals surface area contributed by atoms with Crippen molar-refractivity contribution in [3.05, 3.63) is 66.0 Å². The average Bonchev–Trinajstić information content (AvgIpc) is 2.71. The monoisotopic (exact) mass is 413 g/mol. The molecule has 3 rings (SSSR count). The third kappa shape index (κ3) is 6.23. The Morgan fingerprint density at radius 1 is 1.00 bits per heavy atom. The SMILES string of the molecule is Cc1c(COc2ncnc(NCCNS(C)(=O)=O)n2)cccc1-c1ccccc1. The Bertz CT molecular complexity index is 1060. The Morgan fingerprint density at radius 2 is 1.79 bits per heavy atom. The van der Waals surface area contributed by atoms with Crippen LogP contribution in [-0.4, -0.2) is 42.7 Å². The lowest BCUT2D eigenvalue weighted by atomic mass is 9.97. The Labute approximate surface area is 170 Å². The Balaban J connectivity index is 1.62. The van der Waals surface area contributed by atoms with Gasteiger partial charge in [0.15, 0.2) is 0 Å². The van der Waals surface area contributed by atoms with E-state index in [1.54, 1.807) is 0 Å². The highest BCUT2D eigenvalue weighted by molar-refractivity contribution is 7.88. The number of nitrogens with one attached hydrogen (secondary N) is 2. The highest BCUT2D eigenvalue weighted by Gasteiger charge is 2.08. The first-order valence-electron chi connectivity index (χ1n) is 9.06. The van der Waals surface area contributed by atoms with Gasteiger partial charge < -0.3 is 10.1 Å². The van der Waals surface area contributed by atoms with Gasteiger partial charge in [-0.3, -0.25) is 0 Å². The highest BCUT2D eigenvalue weighted by Crippen LogP contribution is 2.26. The lowest BCUT2D eigenvalue weighted by Crippen LogP contribution is -2.28. The molecule has 0 atom stereocenters. The van der Waals surface area contributed by atoms with E-state index in [2.05, 4.69) is 50.1 Å². The molecule has 3 aromatic rings. The zero-order valence-corrected chi connectivity index (χ0v) is 17.1. The molecule has 0 saturated carbocycles. The molecule has 8 nitrogen and oxygen atoms in total. The third-order valence-corrected chi connectivity index (χ3v) is 4.94. The van der Waals surface area contributed by atoms with Gasteiger partial charge >= 0.3 is 6.01 Å². The lowest BCUT2D eigenvalue weighted by Gasteiger charge is -2.12. The second kappa shape index (κ2) is 9.44. The molecule has 2 N–H and O–H groups in total. The van der Waals surface area contributed by atoms with Crippen LogP contribution in [0.2, 0.25) is 0 Å². The summed E-state index contributed by atoms with van der Waals surface area (Å²) < 4.78 is 30.3. The van der Waals surface area contributed by atoms with E-state index >= 15 is 0 Å². The fourth-order valence-corrected chi connectivity index (χ4v) is 3.23. The predicted molar refractivity (Wildman–Crippen MR) is 112 cm³/mol. The Hall–Kier alpha value is -3.04. The summed E-state index contributed by atoms with van der Waals surface area (Å²) in [6.07, 6.45) is 2.46. The summed E-state index contributed by atoms with van der Waals surface area (Å²) in [7, 11) is -3.22. The van der Waals surface area contributed by atoms with Crippen molar-refractivity contribution in [1.82, 2.24) is 19.7 Å². The minimum atomic E-state index is -3.22. The zero-order valence-electron chi connectivity index (χ0n) is 16.3. The van der Waals surface area contributed by atoms with Crippen molar-refractivity contribution in [2.24, 2.45) is 0 Å². The topological polar surface area (TPSA) is 106 Å². The number of hydrogen-bond donors (Lipinski definition) is 2. The second-order valence-electron chi connectivity index (χ2n) is 6.43. The summed E-state index contributed by atoms with van der Waals surface area (Å²) in [6.45, 7) is 2.96. The van der Waals surface area contributed by atoms with E-state index in [0.29, 0.717) is 19.1 Å². The average molecular weight is 414 g/mol. The summed E-state index contributed by atoms with van der Waals surface area (Å²) in [6, 6.07) is 16.5. The molecule has 152 valence electrons. The molecule has 9 heteroatoms. The van der Waals surface area contributed by atoms with Gasteiger partial charge in [0.1, 0.15) is 12.9 Å². The van der Waals surface area contributed by atoms with Crippen molar-refractivity contribution >= 4 is 16.0 Å². The van der Waals surface area contributed by atoms with Gasteiger partial charge in [-0.25, -0.2) is 18.1 Å². The van der Waals surface area contributed by atoms with Crippen LogP contribution in [0.15, 0.2) is 54.9 Å². The number of benzene rings is 2. The quantitative estimate of drug-likeness (QED) is 0.519. The van der Waals surface area contributed by atoms with Crippen molar-refractivity contribution in [3.8, 4) is 17.1 Å².